The normalized spacial score (nSPS) is 18.6. The number of H-pyrrole nitrogens is 1. The maximum absolute atomic E-state index is 8.89. The first-order chi connectivity index (χ1) is 6.92. The molecule has 14 heavy (non-hydrogen) atoms. The quantitative estimate of drug-likeness (QED) is 0.753. The van der Waals surface area contributed by atoms with Gasteiger partial charge in [-0.1, -0.05) is 0 Å². The molecule has 78 valence electrons. The molecule has 0 bridgehead atoms. The Balaban J connectivity index is 2.09. The summed E-state index contributed by atoms with van der Waals surface area (Å²) >= 11 is 0. The summed E-state index contributed by atoms with van der Waals surface area (Å²) in [5.74, 6) is 0.535. The van der Waals surface area contributed by atoms with Crippen molar-refractivity contribution in [1.29, 1.82) is 0 Å². The molecule has 1 aromatic heterocycles. The van der Waals surface area contributed by atoms with Crippen LogP contribution in [0.15, 0.2) is 6.20 Å². The molecule has 0 unspecified atom stereocenters. The maximum atomic E-state index is 8.89. The smallest absolute Gasteiger partial charge is 0.0523 e. The van der Waals surface area contributed by atoms with Crippen LogP contribution in [0.25, 0.3) is 0 Å². The van der Waals surface area contributed by atoms with Crippen molar-refractivity contribution in [3.05, 3.63) is 17.5 Å². The summed E-state index contributed by atoms with van der Waals surface area (Å²) in [6, 6.07) is 0. The molecule has 1 fully saturated rings. The van der Waals surface area contributed by atoms with Crippen LogP contribution >= 0.6 is 0 Å². The third-order valence-electron chi connectivity index (χ3n) is 2.76. The fourth-order valence-corrected chi connectivity index (χ4v) is 1.98. The predicted octanol–water partition coefficient (Wildman–Crippen LogP) is 0.838. The number of nitrogens with one attached hydrogen (secondary N) is 1. The van der Waals surface area contributed by atoms with Gasteiger partial charge in [0.15, 0.2) is 0 Å². The van der Waals surface area contributed by atoms with Crippen LogP contribution in [0, 0.1) is 0 Å². The third kappa shape index (κ3) is 1.96. The Bertz CT molecular complexity index is 279. The van der Waals surface area contributed by atoms with Crippen LogP contribution in [0.1, 0.15) is 30.0 Å². The van der Waals surface area contributed by atoms with Crippen molar-refractivity contribution in [3.8, 4) is 0 Å². The molecule has 2 heterocycles. The minimum atomic E-state index is 0.190. The first kappa shape index (κ1) is 9.68. The van der Waals surface area contributed by atoms with Gasteiger partial charge in [-0.25, -0.2) is 0 Å². The summed E-state index contributed by atoms with van der Waals surface area (Å²) in [5, 5.41) is 16.0. The standard InChI is InChI=1S/C10H16N2O2/c13-4-1-9-7-11-12-10(9)8-2-5-14-6-3-8/h7-8,13H,1-6H2,(H,11,12). The van der Waals surface area contributed by atoms with E-state index in [1.165, 1.54) is 5.69 Å². The van der Waals surface area contributed by atoms with Crippen LogP contribution < -0.4 is 0 Å². The lowest BCUT2D eigenvalue weighted by molar-refractivity contribution is 0.0843. The van der Waals surface area contributed by atoms with E-state index in [4.69, 9.17) is 9.84 Å². The number of ether oxygens (including phenoxy) is 1. The second-order valence-electron chi connectivity index (χ2n) is 3.67. The highest BCUT2D eigenvalue weighted by Crippen LogP contribution is 2.27. The van der Waals surface area contributed by atoms with E-state index >= 15 is 0 Å². The van der Waals surface area contributed by atoms with Crippen molar-refractivity contribution in [3.63, 3.8) is 0 Å². The minimum absolute atomic E-state index is 0.190. The number of hydrogen-bond donors (Lipinski definition) is 2. The minimum Gasteiger partial charge on any atom is -0.396 e. The van der Waals surface area contributed by atoms with E-state index in [1.807, 2.05) is 6.20 Å². The highest BCUT2D eigenvalue weighted by atomic mass is 16.5. The summed E-state index contributed by atoms with van der Waals surface area (Å²) in [6.07, 6.45) is 4.63. The van der Waals surface area contributed by atoms with Gasteiger partial charge in [0.05, 0.1) is 6.20 Å². The van der Waals surface area contributed by atoms with Crippen molar-refractivity contribution < 1.29 is 9.84 Å². The van der Waals surface area contributed by atoms with E-state index in [9.17, 15) is 0 Å². The Hall–Kier alpha value is -0.870. The number of nitrogens with zero attached hydrogens (tertiary/aromatic N) is 1. The van der Waals surface area contributed by atoms with E-state index < -0.39 is 0 Å². The molecule has 1 aromatic rings. The summed E-state index contributed by atoms with van der Waals surface area (Å²) in [5.41, 5.74) is 2.35. The van der Waals surface area contributed by atoms with E-state index in [0.29, 0.717) is 12.3 Å². The molecule has 0 aliphatic carbocycles. The third-order valence-corrected chi connectivity index (χ3v) is 2.76. The SMILES string of the molecule is OCCc1cn[nH]c1C1CCOCC1. The molecule has 1 aliphatic heterocycles. The zero-order valence-corrected chi connectivity index (χ0v) is 8.20. The van der Waals surface area contributed by atoms with Gasteiger partial charge in [0.2, 0.25) is 0 Å². The predicted molar refractivity (Wildman–Crippen MR) is 52.2 cm³/mol. The van der Waals surface area contributed by atoms with Crippen LogP contribution in [0.5, 0.6) is 0 Å². The van der Waals surface area contributed by atoms with Gasteiger partial charge < -0.3 is 9.84 Å². The second kappa shape index (κ2) is 4.57. The highest BCUT2D eigenvalue weighted by Gasteiger charge is 2.19. The van der Waals surface area contributed by atoms with Gasteiger partial charge in [-0.15, -0.1) is 0 Å². The van der Waals surface area contributed by atoms with Crippen molar-refractivity contribution in [2.75, 3.05) is 19.8 Å². The lowest BCUT2D eigenvalue weighted by atomic mass is 9.93. The molecule has 0 spiro atoms. The van der Waals surface area contributed by atoms with Crippen LogP contribution in [0.3, 0.4) is 0 Å². The van der Waals surface area contributed by atoms with Gasteiger partial charge >= 0.3 is 0 Å². The average molecular weight is 196 g/mol. The van der Waals surface area contributed by atoms with Crippen molar-refractivity contribution in [2.45, 2.75) is 25.2 Å². The van der Waals surface area contributed by atoms with Gasteiger partial charge in [-0.2, -0.15) is 5.10 Å². The molecule has 4 nitrogen and oxygen atoms in total. The molecule has 0 saturated carbocycles. The zero-order valence-electron chi connectivity index (χ0n) is 8.20. The molecule has 2 rings (SSSR count). The zero-order chi connectivity index (χ0) is 9.80. The lowest BCUT2D eigenvalue weighted by Crippen LogP contribution is -2.15. The molecule has 0 atom stereocenters. The van der Waals surface area contributed by atoms with Crippen LogP contribution in [0.2, 0.25) is 0 Å². The number of rotatable bonds is 3. The van der Waals surface area contributed by atoms with Crippen LogP contribution in [-0.4, -0.2) is 35.1 Å². The van der Waals surface area contributed by atoms with E-state index in [0.717, 1.165) is 31.6 Å². The van der Waals surface area contributed by atoms with Gasteiger partial charge in [0.1, 0.15) is 0 Å². The summed E-state index contributed by atoms with van der Waals surface area (Å²) in [4.78, 5) is 0. The van der Waals surface area contributed by atoms with Crippen LogP contribution in [0.4, 0.5) is 0 Å². The molecule has 0 radical (unpaired) electrons. The van der Waals surface area contributed by atoms with E-state index in [1.54, 1.807) is 0 Å². The Morgan fingerprint density at radius 3 is 3.00 bits per heavy atom. The molecule has 0 amide bonds. The number of aromatic nitrogens is 2. The van der Waals surface area contributed by atoms with Gasteiger partial charge in [-0.3, -0.25) is 5.10 Å². The van der Waals surface area contributed by atoms with Crippen LogP contribution in [-0.2, 0) is 11.2 Å². The van der Waals surface area contributed by atoms with Gasteiger partial charge in [0.25, 0.3) is 0 Å². The summed E-state index contributed by atoms with van der Waals surface area (Å²) in [6.45, 7) is 1.86. The summed E-state index contributed by atoms with van der Waals surface area (Å²) in [7, 11) is 0. The van der Waals surface area contributed by atoms with Crippen molar-refractivity contribution >= 4 is 0 Å². The fourth-order valence-electron chi connectivity index (χ4n) is 1.98. The van der Waals surface area contributed by atoms with Crippen molar-refractivity contribution in [2.24, 2.45) is 0 Å². The number of aliphatic hydroxyl groups is 1. The summed E-state index contributed by atoms with van der Waals surface area (Å²) < 4.78 is 5.31. The topological polar surface area (TPSA) is 58.1 Å². The number of hydrogen-bond acceptors (Lipinski definition) is 3. The fraction of sp³-hybridized carbons (Fsp3) is 0.700. The largest absolute Gasteiger partial charge is 0.396 e. The number of aliphatic hydroxyl groups excluding tert-OH is 1. The second-order valence-corrected chi connectivity index (χ2v) is 3.67. The number of aromatic amines is 1. The molecular formula is C10H16N2O2. The average Bonchev–Trinajstić information content (AvgIpc) is 2.68. The highest BCUT2D eigenvalue weighted by molar-refractivity contribution is 5.21. The maximum Gasteiger partial charge on any atom is 0.0523 e. The Morgan fingerprint density at radius 2 is 2.29 bits per heavy atom. The van der Waals surface area contributed by atoms with Gasteiger partial charge in [-0.05, 0) is 24.8 Å². The molecule has 2 N–H and O–H groups in total. The van der Waals surface area contributed by atoms with Gasteiger partial charge in [0, 0.05) is 31.4 Å². The first-order valence-corrected chi connectivity index (χ1v) is 5.12. The molecule has 4 heteroatoms. The first-order valence-electron chi connectivity index (χ1n) is 5.12. The van der Waals surface area contributed by atoms with E-state index in [2.05, 4.69) is 10.2 Å². The Morgan fingerprint density at radius 1 is 1.50 bits per heavy atom. The Kier molecular flexibility index (Phi) is 3.16. The van der Waals surface area contributed by atoms with E-state index in [-0.39, 0.29) is 6.61 Å². The van der Waals surface area contributed by atoms with Crippen molar-refractivity contribution in [1.82, 2.24) is 10.2 Å². The molecule has 1 aliphatic rings. The molecular weight excluding hydrogens is 180 g/mol. The Labute approximate surface area is 83.3 Å². The molecule has 0 aromatic carbocycles. The monoisotopic (exact) mass is 196 g/mol. The lowest BCUT2D eigenvalue weighted by Gasteiger charge is -2.21. The molecule has 1 saturated heterocycles.